The summed E-state index contributed by atoms with van der Waals surface area (Å²) >= 11 is 0. The number of carbonyl (C=O) groups is 1. The minimum Gasteiger partial charge on any atom is -0.481 e. The summed E-state index contributed by atoms with van der Waals surface area (Å²) in [6, 6.07) is -0.0362. The third kappa shape index (κ3) is 11.9. The van der Waals surface area contributed by atoms with E-state index in [-0.39, 0.29) is 12.5 Å². The van der Waals surface area contributed by atoms with Gasteiger partial charge in [-0.15, -0.1) is 0 Å². The van der Waals surface area contributed by atoms with Crippen molar-refractivity contribution in [2.45, 2.75) is 142 Å². The van der Waals surface area contributed by atoms with Gasteiger partial charge in [0.05, 0.1) is 6.54 Å². The highest BCUT2D eigenvalue weighted by Crippen LogP contribution is 2.17. The van der Waals surface area contributed by atoms with Crippen molar-refractivity contribution >= 4 is 11.8 Å². The number of hydrogen-bond acceptors (Lipinski definition) is 3. The van der Waals surface area contributed by atoms with E-state index < -0.39 is 12.2 Å². The van der Waals surface area contributed by atoms with Gasteiger partial charge in [0.25, 0.3) is 5.84 Å². The fourth-order valence-corrected chi connectivity index (χ4v) is 4.56. The summed E-state index contributed by atoms with van der Waals surface area (Å²) in [7, 11) is 0. The number of aliphatic carboxylic acids is 1. The Labute approximate surface area is 185 Å². The maximum absolute atomic E-state index is 11.0. The largest absolute Gasteiger partial charge is 0.481 e. The quantitative estimate of drug-likeness (QED) is 0.169. The van der Waals surface area contributed by atoms with Crippen molar-refractivity contribution in [2.24, 2.45) is 0 Å². The molecule has 0 saturated carbocycles. The molecule has 0 radical (unpaired) electrons. The maximum Gasteiger partial charge on any atom is 0.315 e. The molecule has 0 spiro atoms. The van der Waals surface area contributed by atoms with E-state index in [1.54, 1.807) is 4.58 Å². The van der Waals surface area contributed by atoms with Crippen LogP contribution < -0.4 is 5.32 Å². The van der Waals surface area contributed by atoms with Crippen LogP contribution in [0.1, 0.15) is 129 Å². The van der Waals surface area contributed by atoms with Crippen LogP contribution in [0.25, 0.3) is 0 Å². The average Bonchev–Trinajstić information content (AvgIpc) is 3.01. The Balaban J connectivity index is 1.91. The molecule has 30 heavy (non-hydrogen) atoms. The van der Waals surface area contributed by atoms with Crippen molar-refractivity contribution in [2.75, 3.05) is 6.54 Å². The highest BCUT2D eigenvalue weighted by molar-refractivity contribution is 5.94. The molecule has 1 aliphatic rings. The minimum absolute atomic E-state index is 0.0362. The third-order valence-electron chi connectivity index (χ3n) is 6.41. The number of aliphatic hydroxyl groups is 1. The number of nitrogens with zero attached hydrogens (tertiary/aromatic N) is 1. The summed E-state index contributed by atoms with van der Waals surface area (Å²) < 4.78 is 1.78. The van der Waals surface area contributed by atoms with Crippen molar-refractivity contribution in [1.29, 1.82) is 0 Å². The summed E-state index contributed by atoms with van der Waals surface area (Å²) in [6.07, 6.45) is 22.0. The number of likely N-dealkylation sites (N-methyl/N-ethyl adjacent to an activating group) is 1. The van der Waals surface area contributed by atoms with Crippen LogP contribution >= 0.6 is 0 Å². The Morgan fingerprint density at radius 1 is 0.800 bits per heavy atom. The van der Waals surface area contributed by atoms with Gasteiger partial charge in [-0.3, -0.25) is 10.1 Å². The fraction of sp³-hybridized carbons (Fsp3) is 0.920. The van der Waals surface area contributed by atoms with Gasteiger partial charge in [0, 0.05) is 0 Å². The Hall–Kier alpha value is -1.10. The second kappa shape index (κ2) is 17.6. The molecule has 3 N–H and O–H groups in total. The van der Waals surface area contributed by atoms with Crippen molar-refractivity contribution in [3.63, 3.8) is 0 Å². The van der Waals surface area contributed by atoms with Gasteiger partial charge >= 0.3 is 5.97 Å². The molecule has 5 heteroatoms. The van der Waals surface area contributed by atoms with Crippen LogP contribution in [0.15, 0.2) is 0 Å². The Morgan fingerprint density at radius 2 is 1.23 bits per heavy atom. The molecule has 1 rings (SSSR count). The molecular weight excluding hydrogens is 376 g/mol. The van der Waals surface area contributed by atoms with Crippen molar-refractivity contribution < 1.29 is 19.6 Å². The first-order chi connectivity index (χ1) is 14.6. The number of carboxylic acid groups (broad SMARTS) is 1. The molecule has 176 valence electrons. The molecular formula is C25H49N2O3+. The van der Waals surface area contributed by atoms with E-state index in [1.165, 1.54) is 96.3 Å². The summed E-state index contributed by atoms with van der Waals surface area (Å²) in [5, 5.41) is 22.7. The average molecular weight is 426 g/mol. The first-order valence-electron chi connectivity index (χ1n) is 12.9. The lowest BCUT2D eigenvalue weighted by molar-refractivity contribution is -0.600. The molecule has 0 aromatic carbocycles. The van der Waals surface area contributed by atoms with Crippen LogP contribution in [0.4, 0.5) is 0 Å². The van der Waals surface area contributed by atoms with Crippen molar-refractivity contribution in [3.05, 3.63) is 0 Å². The summed E-state index contributed by atoms with van der Waals surface area (Å²) in [5.74, 6) is -0.204. The number of aliphatic hydroxyl groups excluding tert-OH is 1. The van der Waals surface area contributed by atoms with E-state index in [1.807, 2.05) is 6.92 Å². The van der Waals surface area contributed by atoms with Gasteiger partial charge in [0.15, 0.2) is 6.04 Å². The highest BCUT2D eigenvalue weighted by Gasteiger charge is 2.39. The van der Waals surface area contributed by atoms with Gasteiger partial charge in [-0.2, -0.15) is 0 Å². The Kier molecular flexibility index (Phi) is 15.8. The van der Waals surface area contributed by atoms with Gasteiger partial charge in [-0.25, -0.2) is 4.58 Å². The van der Waals surface area contributed by atoms with Crippen LogP contribution in [0, 0.1) is 0 Å². The Bertz CT molecular complexity index is 479. The van der Waals surface area contributed by atoms with Crippen LogP contribution in [0.2, 0.25) is 0 Å². The van der Waals surface area contributed by atoms with Gasteiger partial charge in [-0.05, 0) is 19.8 Å². The SMILES string of the molecule is CCCCCCCCCCCCCCCCCC[C@@H]1NC(CC(=O)O)=[N+](CC)[C@@H]1O. The standard InChI is InChI=1S/C25H48N2O3/c1-3-5-6-7-8-9-10-11-12-13-14-15-16-17-18-19-20-22-25(30)27(4-2)23(26-22)21-24(28)29/h22,25,30H,3-21H2,1-2H3,(H,28,29)/p+1/t22-,25+/m0/s1. The van der Waals surface area contributed by atoms with Crippen LogP contribution in [0.3, 0.4) is 0 Å². The molecule has 0 amide bonds. The molecule has 0 aromatic heterocycles. The van der Waals surface area contributed by atoms with Gasteiger partial charge in [0.2, 0.25) is 6.23 Å². The molecule has 0 saturated heterocycles. The predicted octanol–water partition coefficient (Wildman–Crippen LogP) is 5.83. The van der Waals surface area contributed by atoms with E-state index in [4.69, 9.17) is 5.11 Å². The monoisotopic (exact) mass is 425 g/mol. The fourth-order valence-electron chi connectivity index (χ4n) is 4.56. The van der Waals surface area contributed by atoms with Crippen LogP contribution in [-0.2, 0) is 4.79 Å². The van der Waals surface area contributed by atoms with Crippen molar-refractivity contribution in [3.8, 4) is 0 Å². The number of carboxylic acids is 1. The normalized spacial score (nSPS) is 18.8. The molecule has 0 fully saturated rings. The van der Waals surface area contributed by atoms with Gasteiger partial charge in [0.1, 0.15) is 6.42 Å². The molecule has 0 bridgehead atoms. The number of rotatable bonds is 20. The summed E-state index contributed by atoms with van der Waals surface area (Å²) in [6.45, 7) is 4.86. The minimum atomic E-state index is -0.855. The zero-order valence-corrected chi connectivity index (χ0v) is 19.8. The van der Waals surface area contributed by atoms with Crippen molar-refractivity contribution in [1.82, 2.24) is 5.32 Å². The molecule has 0 aliphatic carbocycles. The van der Waals surface area contributed by atoms with E-state index in [0.717, 1.165) is 12.8 Å². The number of unbranched alkanes of at least 4 members (excludes halogenated alkanes) is 15. The lowest BCUT2D eigenvalue weighted by Crippen LogP contribution is -2.36. The molecule has 0 unspecified atom stereocenters. The van der Waals surface area contributed by atoms with E-state index in [0.29, 0.717) is 12.4 Å². The zero-order chi connectivity index (χ0) is 22.0. The molecule has 0 aromatic rings. The molecule has 2 atom stereocenters. The smallest absolute Gasteiger partial charge is 0.315 e. The lowest BCUT2D eigenvalue weighted by Gasteiger charge is -2.12. The number of nitrogens with one attached hydrogen (secondary N) is 1. The van der Waals surface area contributed by atoms with Gasteiger partial charge < -0.3 is 10.2 Å². The summed E-state index contributed by atoms with van der Waals surface area (Å²) in [5.41, 5.74) is 0. The topological polar surface area (TPSA) is 72.6 Å². The first-order valence-corrected chi connectivity index (χ1v) is 12.9. The second-order valence-corrected chi connectivity index (χ2v) is 9.06. The third-order valence-corrected chi connectivity index (χ3v) is 6.41. The van der Waals surface area contributed by atoms with Crippen LogP contribution in [0.5, 0.6) is 0 Å². The highest BCUT2D eigenvalue weighted by atomic mass is 16.4. The second-order valence-electron chi connectivity index (χ2n) is 9.06. The molecule has 1 heterocycles. The molecule has 1 aliphatic heterocycles. The van der Waals surface area contributed by atoms with E-state index in [9.17, 15) is 9.90 Å². The van der Waals surface area contributed by atoms with Crippen LogP contribution in [-0.4, -0.2) is 45.4 Å². The van der Waals surface area contributed by atoms with Gasteiger partial charge in [-0.1, -0.05) is 103 Å². The lowest BCUT2D eigenvalue weighted by atomic mass is 10.0. The van der Waals surface area contributed by atoms with E-state index >= 15 is 0 Å². The summed E-state index contributed by atoms with van der Waals surface area (Å²) in [4.78, 5) is 11.0. The first kappa shape index (κ1) is 26.9. The predicted molar refractivity (Wildman–Crippen MR) is 125 cm³/mol. The number of hydrogen-bond donors (Lipinski definition) is 3. The Morgan fingerprint density at radius 3 is 1.63 bits per heavy atom. The number of amidine groups is 1. The maximum atomic E-state index is 11.0. The molecule has 5 nitrogen and oxygen atoms in total. The van der Waals surface area contributed by atoms with E-state index in [2.05, 4.69) is 12.2 Å². The zero-order valence-electron chi connectivity index (χ0n) is 19.8.